The average Bonchev–Trinajstić information content (AvgIpc) is 2.79. The summed E-state index contributed by atoms with van der Waals surface area (Å²) in [4.78, 5) is 54.7. The van der Waals surface area contributed by atoms with Crippen molar-refractivity contribution in [2.75, 3.05) is 11.9 Å². The number of amides is 1. The van der Waals surface area contributed by atoms with Crippen molar-refractivity contribution in [3.8, 4) is 0 Å². The van der Waals surface area contributed by atoms with Crippen molar-refractivity contribution in [3.05, 3.63) is 70.3 Å². The monoisotopic (exact) mass is 453 g/mol. The van der Waals surface area contributed by atoms with E-state index in [-0.39, 0.29) is 18.4 Å². The van der Waals surface area contributed by atoms with Crippen molar-refractivity contribution in [1.82, 2.24) is 20.8 Å². The molecule has 11 nitrogen and oxygen atoms in total. The first-order chi connectivity index (χ1) is 15.7. The van der Waals surface area contributed by atoms with Crippen molar-refractivity contribution in [3.63, 3.8) is 0 Å². The zero-order valence-corrected chi connectivity index (χ0v) is 17.7. The Balaban J connectivity index is 1.61. The second-order valence-electron chi connectivity index (χ2n) is 7.41. The highest BCUT2D eigenvalue weighted by molar-refractivity contribution is 5.94. The van der Waals surface area contributed by atoms with Crippen LogP contribution in [0, 0.1) is 0 Å². The van der Waals surface area contributed by atoms with Crippen molar-refractivity contribution in [2.45, 2.75) is 25.4 Å². The molecule has 11 heteroatoms. The number of H-pyrrole nitrogens is 1. The predicted molar refractivity (Wildman–Crippen MR) is 120 cm³/mol. The lowest BCUT2D eigenvalue weighted by Gasteiger charge is -2.20. The molecule has 0 saturated carbocycles. The van der Waals surface area contributed by atoms with Gasteiger partial charge in [-0.05, 0) is 42.3 Å². The van der Waals surface area contributed by atoms with Crippen LogP contribution in [0.15, 0.2) is 53.6 Å². The first-order valence-electron chi connectivity index (χ1n) is 10.0. The smallest absolute Gasteiger partial charge is 0.322 e. The van der Waals surface area contributed by atoms with E-state index in [1.165, 1.54) is 6.33 Å². The molecule has 1 aromatic heterocycles. The van der Waals surface area contributed by atoms with E-state index in [0.717, 1.165) is 11.3 Å². The van der Waals surface area contributed by atoms with Crippen LogP contribution in [-0.4, -0.2) is 51.1 Å². The Morgan fingerprint density at radius 3 is 2.52 bits per heavy atom. The molecule has 172 valence electrons. The number of aromatic nitrogens is 2. The van der Waals surface area contributed by atoms with Crippen LogP contribution in [0.1, 0.15) is 28.8 Å². The van der Waals surface area contributed by atoms with E-state index in [1.54, 1.807) is 36.4 Å². The van der Waals surface area contributed by atoms with Crippen molar-refractivity contribution in [2.24, 2.45) is 0 Å². The highest BCUT2D eigenvalue weighted by Gasteiger charge is 2.19. The molecule has 3 rings (SSSR count). The van der Waals surface area contributed by atoms with Crippen molar-refractivity contribution < 1.29 is 24.6 Å². The third-order valence-corrected chi connectivity index (χ3v) is 5.01. The van der Waals surface area contributed by atoms with Crippen LogP contribution in [0.5, 0.6) is 0 Å². The van der Waals surface area contributed by atoms with Gasteiger partial charge in [-0.1, -0.05) is 12.1 Å². The molecule has 0 fully saturated rings. The van der Waals surface area contributed by atoms with Gasteiger partial charge in [0.2, 0.25) is 0 Å². The van der Waals surface area contributed by atoms with E-state index in [9.17, 15) is 19.2 Å². The fraction of sp³-hybridized carbons (Fsp3) is 0.227. The number of carboxylic acids is 2. The van der Waals surface area contributed by atoms with E-state index < -0.39 is 23.9 Å². The fourth-order valence-corrected chi connectivity index (χ4v) is 3.17. The van der Waals surface area contributed by atoms with Gasteiger partial charge in [-0.15, -0.1) is 0 Å². The first kappa shape index (κ1) is 23.4. The number of carbonyl (C=O) groups excluding carboxylic acids is 1. The second kappa shape index (κ2) is 10.4. The molecule has 0 bridgehead atoms. The molecular weight excluding hydrogens is 430 g/mol. The van der Waals surface area contributed by atoms with Gasteiger partial charge in [0.25, 0.3) is 11.5 Å². The molecule has 0 aliphatic carbocycles. The van der Waals surface area contributed by atoms with Gasteiger partial charge in [0.1, 0.15) is 6.04 Å². The van der Waals surface area contributed by atoms with E-state index in [0.29, 0.717) is 23.0 Å². The summed E-state index contributed by atoms with van der Waals surface area (Å²) in [6.45, 7) is 0.514. The zero-order valence-electron chi connectivity index (χ0n) is 17.7. The summed E-state index contributed by atoms with van der Waals surface area (Å²) in [5.41, 5.74) is 7.09. The van der Waals surface area contributed by atoms with Gasteiger partial charge < -0.3 is 20.1 Å². The molecule has 3 aromatic rings. The summed E-state index contributed by atoms with van der Waals surface area (Å²) in [5, 5.41) is 18.3. The Bertz CT molecular complexity index is 1220. The van der Waals surface area contributed by atoms with Gasteiger partial charge in [0, 0.05) is 31.3 Å². The number of anilines is 1. The molecule has 0 aliphatic rings. The summed E-state index contributed by atoms with van der Waals surface area (Å²) in [6.07, 6.45) is 0.843. The van der Waals surface area contributed by atoms with Gasteiger partial charge in [-0.25, -0.2) is 10.4 Å². The molecular formula is C22H23N5O6. The summed E-state index contributed by atoms with van der Waals surface area (Å²) >= 11 is 0. The molecule has 0 saturated heterocycles. The Labute approximate surface area is 188 Å². The highest BCUT2D eigenvalue weighted by Crippen LogP contribution is 2.19. The minimum Gasteiger partial charge on any atom is -0.481 e. The van der Waals surface area contributed by atoms with Crippen LogP contribution in [0.2, 0.25) is 0 Å². The maximum absolute atomic E-state index is 12.3. The summed E-state index contributed by atoms with van der Waals surface area (Å²) in [6, 6.07) is 10.9. The van der Waals surface area contributed by atoms with Gasteiger partial charge in [-0.2, -0.15) is 0 Å². The third kappa shape index (κ3) is 6.14. The van der Waals surface area contributed by atoms with E-state index in [4.69, 9.17) is 10.2 Å². The zero-order chi connectivity index (χ0) is 24.0. The van der Waals surface area contributed by atoms with Crippen LogP contribution in [-0.2, 0) is 16.1 Å². The molecule has 1 heterocycles. The standard InChI is InChI=1S/C22H23N5O6/c1-27(15-6-7-17-16(10-15)21(31)24-12-23-17)11-13-2-4-14(5-3-13)20(30)26-25-18(22(32)33)8-9-19(28)29/h2-7,10,12,18,25H,8-9,11H2,1H3,(H,26,30)(H,28,29)(H,32,33)(H,23,24,31)/t18-/m0/s1. The number of carbonyl (C=O) groups is 3. The maximum Gasteiger partial charge on any atom is 0.322 e. The Morgan fingerprint density at radius 1 is 1.12 bits per heavy atom. The minimum absolute atomic E-state index is 0.174. The maximum atomic E-state index is 12.3. The van der Waals surface area contributed by atoms with E-state index in [2.05, 4.69) is 20.8 Å². The first-order valence-corrected chi connectivity index (χ1v) is 10.0. The molecule has 2 aromatic carbocycles. The topological polar surface area (TPSA) is 165 Å². The van der Waals surface area contributed by atoms with Crippen LogP contribution >= 0.6 is 0 Å². The lowest BCUT2D eigenvalue weighted by Crippen LogP contribution is -2.48. The molecule has 5 N–H and O–H groups in total. The van der Waals surface area contributed by atoms with Crippen LogP contribution in [0.25, 0.3) is 10.9 Å². The summed E-state index contributed by atoms with van der Waals surface area (Å²) in [5.74, 6) is -2.93. The number of hydrogen-bond donors (Lipinski definition) is 5. The van der Waals surface area contributed by atoms with Gasteiger partial charge in [-0.3, -0.25) is 24.6 Å². The molecule has 0 spiro atoms. The quantitative estimate of drug-likeness (QED) is 0.283. The highest BCUT2D eigenvalue weighted by atomic mass is 16.4. The molecule has 33 heavy (non-hydrogen) atoms. The summed E-state index contributed by atoms with van der Waals surface area (Å²) in [7, 11) is 1.87. The van der Waals surface area contributed by atoms with E-state index in [1.807, 2.05) is 18.0 Å². The molecule has 1 atom stereocenters. The minimum atomic E-state index is -1.26. The van der Waals surface area contributed by atoms with Crippen LogP contribution in [0.4, 0.5) is 5.69 Å². The largest absolute Gasteiger partial charge is 0.481 e. The predicted octanol–water partition coefficient (Wildman–Crippen LogP) is 1.11. The number of carboxylic acid groups (broad SMARTS) is 2. The number of fused-ring (bicyclic) bond motifs is 1. The van der Waals surface area contributed by atoms with Gasteiger partial charge >= 0.3 is 11.9 Å². The number of benzene rings is 2. The average molecular weight is 453 g/mol. The number of aliphatic carboxylic acids is 2. The normalized spacial score (nSPS) is 11.7. The number of hydrazine groups is 1. The molecule has 0 unspecified atom stereocenters. The van der Waals surface area contributed by atoms with Crippen LogP contribution in [0.3, 0.4) is 0 Å². The third-order valence-electron chi connectivity index (χ3n) is 5.01. The van der Waals surface area contributed by atoms with Crippen molar-refractivity contribution in [1.29, 1.82) is 0 Å². The number of nitrogens with zero attached hydrogens (tertiary/aromatic N) is 2. The Hall–Kier alpha value is -4.25. The molecule has 1 amide bonds. The Kier molecular flexibility index (Phi) is 7.36. The Morgan fingerprint density at radius 2 is 1.85 bits per heavy atom. The van der Waals surface area contributed by atoms with Crippen molar-refractivity contribution >= 4 is 34.4 Å². The fourth-order valence-electron chi connectivity index (χ4n) is 3.17. The summed E-state index contributed by atoms with van der Waals surface area (Å²) < 4.78 is 0. The molecule has 0 aliphatic heterocycles. The SMILES string of the molecule is CN(Cc1ccc(C(=O)NN[C@@H](CCC(=O)O)C(=O)O)cc1)c1ccc2nc[nH]c(=O)c2c1. The molecule has 0 radical (unpaired) electrons. The number of aromatic amines is 1. The number of hydrogen-bond acceptors (Lipinski definition) is 7. The number of rotatable bonds is 10. The van der Waals surface area contributed by atoms with Gasteiger partial charge in [0.05, 0.1) is 17.2 Å². The second-order valence-corrected chi connectivity index (χ2v) is 7.41. The lowest BCUT2D eigenvalue weighted by atomic mass is 10.1. The van der Waals surface area contributed by atoms with Gasteiger partial charge in [0.15, 0.2) is 0 Å². The number of nitrogens with one attached hydrogen (secondary N) is 3. The van der Waals surface area contributed by atoms with E-state index >= 15 is 0 Å². The lowest BCUT2D eigenvalue weighted by molar-refractivity contribution is -0.140. The van der Waals surface area contributed by atoms with Crippen LogP contribution < -0.4 is 21.3 Å².